The van der Waals surface area contributed by atoms with Crippen LogP contribution in [0.3, 0.4) is 0 Å². The summed E-state index contributed by atoms with van der Waals surface area (Å²) in [5.74, 6) is 0.512. The van der Waals surface area contributed by atoms with Crippen LogP contribution in [0, 0.1) is 0 Å². The number of ether oxygens (including phenoxy) is 1. The van der Waals surface area contributed by atoms with Crippen LogP contribution in [0.4, 0.5) is 0 Å². The molecule has 0 aromatic rings. The largest absolute Gasteiger partial charge is 0.466 e. The second kappa shape index (κ2) is 8.11. The van der Waals surface area contributed by atoms with Crippen LogP contribution in [0.15, 0.2) is 11.6 Å². The van der Waals surface area contributed by atoms with Gasteiger partial charge in [-0.3, -0.25) is 4.79 Å². The fraction of sp³-hybridized carbons (Fsp3) is 0.700. The van der Waals surface area contributed by atoms with Crippen molar-refractivity contribution >= 4 is 17.6 Å². The van der Waals surface area contributed by atoms with Crippen molar-refractivity contribution in [1.82, 2.24) is 0 Å². The van der Waals surface area contributed by atoms with Crippen LogP contribution in [-0.4, -0.2) is 18.5 Å². The van der Waals surface area contributed by atoms with Crippen molar-refractivity contribution in [2.45, 2.75) is 33.1 Å². The van der Waals surface area contributed by atoms with Crippen molar-refractivity contribution in [3.05, 3.63) is 11.6 Å². The van der Waals surface area contributed by atoms with Gasteiger partial charge in [-0.15, -0.1) is 11.6 Å². The third kappa shape index (κ3) is 7.85. The van der Waals surface area contributed by atoms with E-state index >= 15 is 0 Å². The number of esters is 1. The van der Waals surface area contributed by atoms with E-state index in [4.69, 9.17) is 16.3 Å². The van der Waals surface area contributed by atoms with E-state index in [0.29, 0.717) is 18.9 Å². The van der Waals surface area contributed by atoms with Crippen molar-refractivity contribution in [3.63, 3.8) is 0 Å². The molecule has 0 saturated heterocycles. The standard InChI is InChI=1S/C10H17ClO2/c1-3-13-10(12)7-6-9(2)5-4-8-11/h5H,3-4,6-8H2,1-2H3. The number of halogens is 1. The predicted octanol–water partition coefficient (Wildman–Crippen LogP) is 2.90. The van der Waals surface area contributed by atoms with E-state index in [9.17, 15) is 4.79 Å². The van der Waals surface area contributed by atoms with Gasteiger partial charge in [0.15, 0.2) is 0 Å². The van der Waals surface area contributed by atoms with E-state index in [-0.39, 0.29) is 5.97 Å². The summed E-state index contributed by atoms with van der Waals surface area (Å²) >= 11 is 5.52. The number of alkyl halides is 1. The maximum Gasteiger partial charge on any atom is 0.306 e. The molecule has 0 aliphatic carbocycles. The average Bonchev–Trinajstić information content (AvgIpc) is 2.12. The van der Waals surface area contributed by atoms with Gasteiger partial charge in [-0.05, 0) is 26.7 Å². The van der Waals surface area contributed by atoms with Crippen LogP contribution in [0.1, 0.15) is 33.1 Å². The summed E-state index contributed by atoms with van der Waals surface area (Å²) in [6.07, 6.45) is 4.18. The molecule has 0 rings (SSSR count). The molecule has 0 amide bonds. The Morgan fingerprint density at radius 2 is 2.15 bits per heavy atom. The SMILES string of the molecule is CCOC(=O)CCC(C)=CCCCl. The zero-order valence-electron chi connectivity index (χ0n) is 8.31. The molecule has 0 aromatic carbocycles. The molecule has 0 aromatic heterocycles. The highest BCUT2D eigenvalue weighted by Crippen LogP contribution is 2.06. The molecule has 76 valence electrons. The molecular weight excluding hydrogens is 188 g/mol. The first-order valence-corrected chi connectivity index (χ1v) is 5.11. The molecule has 13 heavy (non-hydrogen) atoms. The van der Waals surface area contributed by atoms with Crippen LogP contribution in [-0.2, 0) is 9.53 Å². The van der Waals surface area contributed by atoms with E-state index in [1.54, 1.807) is 0 Å². The summed E-state index contributed by atoms with van der Waals surface area (Å²) in [5, 5.41) is 0. The first kappa shape index (κ1) is 12.5. The lowest BCUT2D eigenvalue weighted by molar-refractivity contribution is -0.143. The summed E-state index contributed by atoms with van der Waals surface area (Å²) in [4.78, 5) is 10.9. The first-order chi connectivity index (χ1) is 6.20. The summed E-state index contributed by atoms with van der Waals surface area (Å²) < 4.78 is 4.80. The maximum absolute atomic E-state index is 10.9. The summed E-state index contributed by atoms with van der Waals surface area (Å²) in [6.45, 7) is 4.28. The number of rotatable bonds is 6. The molecule has 0 spiro atoms. The first-order valence-electron chi connectivity index (χ1n) is 4.58. The topological polar surface area (TPSA) is 26.3 Å². The minimum atomic E-state index is -0.124. The van der Waals surface area contributed by atoms with Crippen molar-refractivity contribution < 1.29 is 9.53 Å². The minimum Gasteiger partial charge on any atom is -0.466 e. The van der Waals surface area contributed by atoms with Gasteiger partial charge in [-0.1, -0.05) is 11.6 Å². The Morgan fingerprint density at radius 1 is 1.46 bits per heavy atom. The highest BCUT2D eigenvalue weighted by molar-refractivity contribution is 6.17. The van der Waals surface area contributed by atoms with Crippen LogP contribution in [0.5, 0.6) is 0 Å². The molecule has 3 heteroatoms. The molecule has 0 atom stereocenters. The third-order valence-corrected chi connectivity index (χ3v) is 1.85. The fourth-order valence-electron chi connectivity index (χ4n) is 0.935. The number of carbonyl (C=O) groups is 1. The van der Waals surface area contributed by atoms with Gasteiger partial charge in [0, 0.05) is 12.3 Å². The quantitative estimate of drug-likeness (QED) is 0.378. The normalized spacial score (nSPS) is 11.5. The molecule has 0 aliphatic rings. The Hall–Kier alpha value is -0.500. The lowest BCUT2D eigenvalue weighted by atomic mass is 10.1. The minimum absolute atomic E-state index is 0.124. The van der Waals surface area contributed by atoms with E-state index in [2.05, 4.69) is 6.08 Å². The molecule has 0 bridgehead atoms. The fourth-order valence-corrected chi connectivity index (χ4v) is 1.04. The smallest absolute Gasteiger partial charge is 0.306 e. The zero-order valence-corrected chi connectivity index (χ0v) is 9.06. The van der Waals surface area contributed by atoms with Crippen molar-refractivity contribution in [3.8, 4) is 0 Å². The second-order valence-corrected chi connectivity index (χ2v) is 3.21. The van der Waals surface area contributed by atoms with Gasteiger partial charge in [0.25, 0.3) is 0 Å². The Kier molecular flexibility index (Phi) is 7.80. The molecule has 0 fully saturated rings. The van der Waals surface area contributed by atoms with Crippen LogP contribution in [0.2, 0.25) is 0 Å². The number of hydrogen-bond donors (Lipinski definition) is 0. The van der Waals surface area contributed by atoms with Gasteiger partial charge in [-0.2, -0.15) is 0 Å². The van der Waals surface area contributed by atoms with Crippen molar-refractivity contribution in [2.75, 3.05) is 12.5 Å². The molecule has 0 radical (unpaired) electrons. The number of allylic oxidation sites excluding steroid dienone is 2. The Balaban J connectivity index is 3.56. The number of hydrogen-bond acceptors (Lipinski definition) is 2. The van der Waals surface area contributed by atoms with E-state index in [1.165, 1.54) is 5.57 Å². The molecule has 0 N–H and O–H groups in total. The lowest BCUT2D eigenvalue weighted by Crippen LogP contribution is -2.03. The Morgan fingerprint density at radius 3 is 2.69 bits per heavy atom. The highest BCUT2D eigenvalue weighted by atomic mass is 35.5. The van der Waals surface area contributed by atoms with Crippen molar-refractivity contribution in [1.29, 1.82) is 0 Å². The van der Waals surface area contributed by atoms with Crippen LogP contribution in [0.25, 0.3) is 0 Å². The van der Waals surface area contributed by atoms with Crippen LogP contribution >= 0.6 is 11.6 Å². The monoisotopic (exact) mass is 204 g/mol. The van der Waals surface area contributed by atoms with Gasteiger partial charge in [0.1, 0.15) is 0 Å². The van der Waals surface area contributed by atoms with E-state index in [0.717, 1.165) is 12.8 Å². The van der Waals surface area contributed by atoms with Gasteiger partial charge in [0.05, 0.1) is 6.61 Å². The zero-order chi connectivity index (χ0) is 10.1. The van der Waals surface area contributed by atoms with Crippen molar-refractivity contribution in [2.24, 2.45) is 0 Å². The number of carbonyl (C=O) groups excluding carboxylic acids is 1. The van der Waals surface area contributed by atoms with Gasteiger partial charge < -0.3 is 4.74 Å². The third-order valence-electron chi connectivity index (χ3n) is 1.63. The summed E-state index contributed by atoms with van der Waals surface area (Å²) in [6, 6.07) is 0. The Bertz CT molecular complexity index is 176. The molecule has 0 aliphatic heterocycles. The lowest BCUT2D eigenvalue weighted by Gasteiger charge is -2.01. The molecule has 0 unspecified atom stereocenters. The molecular formula is C10H17ClO2. The van der Waals surface area contributed by atoms with E-state index in [1.807, 2.05) is 13.8 Å². The molecule has 0 saturated carbocycles. The molecule has 0 heterocycles. The highest BCUT2D eigenvalue weighted by Gasteiger charge is 2.00. The van der Waals surface area contributed by atoms with Gasteiger partial charge in [0.2, 0.25) is 0 Å². The molecule has 2 nitrogen and oxygen atoms in total. The van der Waals surface area contributed by atoms with E-state index < -0.39 is 0 Å². The van der Waals surface area contributed by atoms with Gasteiger partial charge in [-0.25, -0.2) is 0 Å². The predicted molar refractivity (Wildman–Crippen MR) is 55.0 cm³/mol. The van der Waals surface area contributed by atoms with Crippen LogP contribution < -0.4 is 0 Å². The average molecular weight is 205 g/mol. The summed E-state index contributed by atoms with van der Waals surface area (Å²) in [7, 11) is 0. The maximum atomic E-state index is 10.9. The van der Waals surface area contributed by atoms with Gasteiger partial charge >= 0.3 is 5.97 Å². The summed E-state index contributed by atoms with van der Waals surface area (Å²) in [5.41, 5.74) is 1.20. The second-order valence-electron chi connectivity index (χ2n) is 2.83. The Labute approximate surface area is 84.9 Å².